The number of methoxy groups -OCH3 is 1. The van der Waals surface area contributed by atoms with Gasteiger partial charge < -0.3 is 10.1 Å². The van der Waals surface area contributed by atoms with Gasteiger partial charge in [0.05, 0.1) is 16.4 Å². The van der Waals surface area contributed by atoms with Crippen LogP contribution in [0, 0.1) is 3.57 Å². The van der Waals surface area contributed by atoms with Crippen LogP contribution in [0.15, 0.2) is 24.3 Å². The molecule has 0 spiro atoms. The minimum absolute atomic E-state index is 0.673. The van der Waals surface area contributed by atoms with Crippen molar-refractivity contribution >= 4 is 28.4 Å². The number of hydrogen-bond acceptors (Lipinski definition) is 4. The van der Waals surface area contributed by atoms with Crippen LogP contribution in [0.2, 0.25) is 0 Å². The number of halogens is 1. The van der Waals surface area contributed by atoms with E-state index in [2.05, 4.69) is 45.9 Å². The van der Waals surface area contributed by atoms with Gasteiger partial charge in [-0.15, -0.1) is 0 Å². The number of anilines is 1. The molecule has 0 bridgehead atoms. The molecule has 0 aliphatic carbocycles. The number of nitrogens with one attached hydrogen (secondary N) is 1. The van der Waals surface area contributed by atoms with Crippen molar-refractivity contribution in [3.63, 3.8) is 0 Å². The number of aryl methyl sites for hydroxylation is 1. The Hall–Kier alpha value is -1.37. The van der Waals surface area contributed by atoms with Crippen LogP contribution in [0.25, 0.3) is 0 Å². The summed E-state index contributed by atoms with van der Waals surface area (Å²) in [5, 5.41) is 3.16. The first-order valence-corrected chi connectivity index (χ1v) is 8.12. The van der Waals surface area contributed by atoms with E-state index < -0.39 is 0 Å². The average Bonchev–Trinajstić information content (AvgIpc) is 2.51. The topological polar surface area (TPSA) is 47.0 Å². The maximum atomic E-state index is 5.40. The molecule has 0 aliphatic rings. The highest BCUT2D eigenvalue weighted by Gasteiger charge is 2.12. The lowest BCUT2D eigenvalue weighted by Crippen LogP contribution is -2.08. The number of nitrogens with zero attached hydrogens (tertiary/aromatic N) is 2. The molecule has 1 aromatic heterocycles. The summed E-state index contributed by atoms with van der Waals surface area (Å²) in [7, 11) is 3.59. The SMILES string of the molecule is CCCc1nc(Cc2ccccc2OC)nc(NC)c1I. The summed E-state index contributed by atoms with van der Waals surface area (Å²) in [6.45, 7) is 2.16. The molecule has 0 saturated carbocycles. The molecule has 4 nitrogen and oxygen atoms in total. The number of para-hydroxylation sites is 1. The zero-order chi connectivity index (χ0) is 15.2. The van der Waals surface area contributed by atoms with Gasteiger partial charge in [0.25, 0.3) is 0 Å². The average molecular weight is 397 g/mol. The summed E-state index contributed by atoms with van der Waals surface area (Å²) < 4.78 is 6.51. The van der Waals surface area contributed by atoms with Gasteiger partial charge in [-0.25, -0.2) is 9.97 Å². The van der Waals surface area contributed by atoms with E-state index in [1.165, 1.54) is 0 Å². The molecule has 1 heterocycles. The Kier molecular flexibility index (Phi) is 5.78. The third kappa shape index (κ3) is 3.84. The minimum Gasteiger partial charge on any atom is -0.496 e. The van der Waals surface area contributed by atoms with Gasteiger partial charge >= 0.3 is 0 Å². The molecule has 1 N–H and O–H groups in total. The number of aromatic nitrogens is 2. The molecule has 0 atom stereocenters. The number of ether oxygens (including phenoxy) is 1. The second kappa shape index (κ2) is 7.59. The molecule has 2 aromatic rings. The standard InChI is InChI=1S/C16H20IN3O/c1-4-7-12-15(17)16(18-2)20-14(19-12)10-11-8-5-6-9-13(11)21-3/h5-6,8-9H,4,7,10H2,1-3H3,(H,18,19,20). The lowest BCUT2D eigenvalue weighted by molar-refractivity contribution is 0.410. The Morgan fingerprint density at radius 2 is 2.00 bits per heavy atom. The normalized spacial score (nSPS) is 10.5. The molecule has 112 valence electrons. The molecule has 0 saturated heterocycles. The zero-order valence-corrected chi connectivity index (χ0v) is 14.8. The van der Waals surface area contributed by atoms with Crippen LogP contribution in [0.1, 0.15) is 30.4 Å². The molecular formula is C16H20IN3O. The van der Waals surface area contributed by atoms with Crippen LogP contribution in [-0.2, 0) is 12.8 Å². The predicted molar refractivity (Wildman–Crippen MR) is 94.1 cm³/mol. The molecule has 0 radical (unpaired) electrons. The molecule has 0 aliphatic heterocycles. The smallest absolute Gasteiger partial charge is 0.143 e. The summed E-state index contributed by atoms with van der Waals surface area (Å²) in [6.07, 6.45) is 2.71. The molecule has 1 aromatic carbocycles. The lowest BCUT2D eigenvalue weighted by atomic mass is 10.1. The van der Waals surface area contributed by atoms with Gasteiger partial charge in [0, 0.05) is 19.0 Å². The fourth-order valence-corrected chi connectivity index (χ4v) is 2.99. The van der Waals surface area contributed by atoms with E-state index in [9.17, 15) is 0 Å². The van der Waals surface area contributed by atoms with Crippen molar-refractivity contribution in [1.29, 1.82) is 0 Å². The van der Waals surface area contributed by atoms with Crippen molar-refractivity contribution in [2.24, 2.45) is 0 Å². The summed E-state index contributed by atoms with van der Waals surface area (Å²) in [5.74, 6) is 2.61. The minimum atomic E-state index is 0.673. The van der Waals surface area contributed by atoms with Crippen molar-refractivity contribution in [3.05, 3.63) is 44.9 Å². The summed E-state index contributed by atoms with van der Waals surface area (Å²) in [4.78, 5) is 9.35. The molecule has 0 fully saturated rings. The highest BCUT2D eigenvalue weighted by molar-refractivity contribution is 14.1. The molecular weight excluding hydrogens is 377 g/mol. The quantitative estimate of drug-likeness (QED) is 0.756. The fourth-order valence-electron chi connectivity index (χ4n) is 2.21. The predicted octanol–water partition coefficient (Wildman–Crippen LogP) is 3.67. The van der Waals surface area contributed by atoms with E-state index in [4.69, 9.17) is 9.72 Å². The first-order chi connectivity index (χ1) is 10.2. The molecule has 5 heteroatoms. The van der Waals surface area contributed by atoms with E-state index >= 15 is 0 Å². The van der Waals surface area contributed by atoms with E-state index in [0.717, 1.165) is 45.1 Å². The highest BCUT2D eigenvalue weighted by Crippen LogP contribution is 2.23. The monoisotopic (exact) mass is 397 g/mol. The Morgan fingerprint density at radius 3 is 2.67 bits per heavy atom. The summed E-state index contributed by atoms with van der Waals surface area (Å²) in [5.41, 5.74) is 2.22. The van der Waals surface area contributed by atoms with E-state index in [0.29, 0.717) is 6.42 Å². The van der Waals surface area contributed by atoms with Crippen molar-refractivity contribution in [2.45, 2.75) is 26.2 Å². The fraction of sp³-hybridized carbons (Fsp3) is 0.375. The number of rotatable bonds is 6. The second-order valence-corrected chi connectivity index (χ2v) is 5.82. The van der Waals surface area contributed by atoms with Gasteiger partial charge in [0.15, 0.2) is 0 Å². The van der Waals surface area contributed by atoms with Gasteiger partial charge in [-0.3, -0.25) is 0 Å². The van der Waals surface area contributed by atoms with Crippen molar-refractivity contribution in [3.8, 4) is 5.75 Å². The number of benzene rings is 1. The molecule has 0 unspecified atom stereocenters. The van der Waals surface area contributed by atoms with Crippen molar-refractivity contribution < 1.29 is 4.74 Å². The Balaban J connectivity index is 2.37. The third-order valence-electron chi connectivity index (χ3n) is 3.23. The molecule has 2 rings (SSSR count). The first-order valence-electron chi connectivity index (χ1n) is 7.04. The van der Waals surface area contributed by atoms with Crippen LogP contribution in [0.3, 0.4) is 0 Å². The third-order valence-corrected chi connectivity index (χ3v) is 4.36. The Morgan fingerprint density at radius 1 is 1.24 bits per heavy atom. The van der Waals surface area contributed by atoms with Crippen LogP contribution < -0.4 is 10.1 Å². The zero-order valence-electron chi connectivity index (χ0n) is 12.6. The maximum absolute atomic E-state index is 5.40. The Labute approximate surface area is 139 Å². The van der Waals surface area contributed by atoms with E-state index in [-0.39, 0.29) is 0 Å². The van der Waals surface area contributed by atoms with Gasteiger partial charge in [0.2, 0.25) is 0 Å². The second-order valence-electron chi connectivity index (χ2n) is 4.74. The van der Waals surface area contributed by atoms with Crippen LogP contribution in [0.4, 0.5) is 5.82 Å². The van der Waals surface area contributed by atoms with Gasteiger partial charge in [-0.2, -0.15) is 0 Å². The number of hydrogen-bond donors (Lipinski definition) is 1. The summed E-state index contributed by atoms with van der Waals surface area (Å²) >= 11 is 2.31. The van der Waals surface area contributed by atoms with Crippen LogP contribution in [-0.4, -0.2) is 24.1 Å². The van der Waals surface area contributed by atoms with Gasteiger partial charge in [-0.05, 0) is 35.1 Å². The van der Waals surface area contributed by atoms with Crippen molar-refractivity contribution in [1.82, 2.24) is 9.97 Å². The van der Waals surface area contributed by atoms with E-state index in [1.807, 2.05) is 25.2 Å². The largest absolute Gasteiger partial charge is 0.496 e. The summed E-state index contributed by atoms with van der Waals surface area (Å²) in [6, 6.07) is 8.00. The lowest BCUT2D eigenvalue weighted by Gasteiger charge is -2.12. The van der Waals surface area contributed by atoms with Crippen molar-refractivity contribution in [2.75, 3.05) is 19.5 Å². The van der Waals surface area contributed by atoms with Gasteiger partial charge in [-0.1, -0.05) is 31.5 Å². The van der Waals surface area contributed by atoms with Gasteiger partial charge in [0.1, 0.15) is 17.4 Å². The molecule has 21 heavy (non-hydrogen) atoms. The van der Waals surface area contributed by atoms with Crippen LogP contribution >= 0.6 is 22.6 Å². The highest BCUT2D eigenvalue weighted by atomic mass is 127. The Bertz CT molecular complexity index is 616. The van der Waals surface area contributed by atoms with E-state index in [1.54, 1.807) is 7.11 Å². The maximum Gasteiger partial charge on any atom is 0.143 e. The first kappa shape index (κ1) is 16.0. The van der Waals surface area contributed by atoms with Crippen LogP contribution in [0.5, 0.6) is 5.75 Å². The molecule has 0 amide bonds.